The number of benzene rings is 4. The van der Waals surface area contributed by atoms with Crippen molar-refractivity contribution in [3.63, 3.8) is 0 Å². The van der Waals surface area contributed by atoms with Gasteiger partial charge in [-0.15, -0.1) is 0 Å². The van der Waals surface area contributed by atoms with Crippen LogP contribution in [0.1, 0.15) is 0 Å². The van der Waals surface area contributed by atoms with E-state index in [-0.39, 0.29) is 6.04 Å². The highest BCUT2D eigenvalue weighted by Crippen LogP contribution is 2.41. The number of nitrogens with zero attached hydrogens (tertiary/aromatic N) is 2. The molecule has 0 radical (unpaired) electrons. The highest BCUT2D eigenvalue weighted by molar-refractivity contribution is 6.26. The first-order valence-electron chi connectivity index (χ1n) is 11.7. The number of dihydropyridines is 1. The van der Waals surface area contributed by atoms with Gasteiger partial charge in [-0.05, 0) is 36.4 Å². The molecule has 0 saturated heterocycles. The van der Waals surface area contributed by atoms with Crippen LogP contribution in [-0.2, 0) is 0 Å². The molecule has 4 nitrogen and oxygen atoms in total. The molecular weight excluding hydrogens is 416 g/mol. The number of nitrogens with two attached hydrogens (primary N) is 1. The lowest BCUT2D eigenvalue weighted by Gasteiger charge is -2.22. The van der Waals surface area contributed by atoms with Crippen LogP contribution in [0.5, 0.6) is 0 Å². The van der Waals surface area contributed by atoms with Crippen molar-refractivity contribution in [2.75, 3.05) is 6.54 Å². The first-order valence-corrected chi connectivity index (χ1v) is 11.7. The van der Waals surface area contributed by atoms with Gasteiger partial charge in [-0.1, -0.05) is 72.8 Å². The zero-order chi connectivity index (χ0) is 22.6. The van der Waals surface area contributed by atoms with Gasteiger partial charge in [0.05, 0.1) is 28.1 Å². The van der Waals surface area contributed by atoms with Crippen molar-refractivity contribution in [3.8, 4) is 5.69 Å². The summed E-state index contributed by atoms with van der Waals surface area (Å²) in [5.41, 5.74) is 12.0. The minimum Gasteiger partial charge on any atom is -0.364 e. The maximum atomic E-state index is 6.02. The standard InChI is InChI=1S/C30H24N4/c31-19-20-9-8-16-28(32-20)34-25-14-6-4-12-22(25)23-17-18-27-29(30(23)34)24-13-5-7-15-26(24)33(27)21-10-2-1-3-11-21/h1-18,20,32H,19,31H2. The molecule has 6 aromatic rings. The molecule has 0 spiro atoms. The summed E-state index contributed by atoms with van der Waals surface area (Å²) in [5, 5.41) is 8.65. The van der Waals surface area contributed by atoms with E-state index in [0.29, 0.717) is 6.54 Å². The van der Waals surface area contributed by atoms with Crippen molar-refractivity contribution in [3.05, 3.63) is 109 Å². The molecule has 0 aliphatic carbocycles. The molecule has 3 N–H and O–H groups in total. The average molecular weight is 441 g/mol. The second-order valence-corrected chi connectivity index (χ2v) is 8.82. The molecule has 2 aromatic heterocycles. The van der Waals surface area contributed by atoms with Crippen molar-refractivity contribution in [1.29, 1.82) is 0 Å². The number of hydrogen-bond acceptors (Lipinski definition) is 2. The van der Waals surface area contributed by atoms with E-state index < -0.39 is 0 Å². The monoisotopic (exact) mass is 440 g/mol. The van der Waals surface area contributed by atoms with Crippen LogP contribution in [0.2, 0.25) is 0 Å². The van der Waals surface area contributed by atoms with Gasteiger partial charge in [0.2, 0.25) is 0 Å². The Balaban J connectivity index is 1.69. The van der Waals surface area contributed by atoms with E-state index in [1.165, 1.54) is 43.6 Å². The Morgan fingerprint density at radius 1 is 0.676 bits per heavy atom. The highest BCUT2D eigenvalue weighted by atomic mass is 15.2. The molecule has 1 unspecified atom stereocenters. The zero-order valence-electron chi connectivity index (χ0n) is 18.6. The maximum absolute atomic E-state index is 6.02. The largest absolute Gasteiger partial charge is 0.364 e. The van der Waals surface area contributed by atoms with Gasteiger partial charge in [0, 0.05) is 33.8 Å². The molecule has 34 heavy (non-hydrogen) atoms. The summed E-state index contributed by atoms with van der Waals surface area (Å²) in [5.74, 6) is 1.05. The summed E-state index contributed by atoms with van der Waals surface area (Å²) in [6, 6.07) is 32.6. The van der Waals surface area contributed by atoms with Crippen LogP contribution in [0.15, 0.2) is 109 Å². The topological polar surface area (TPSA) is 47.9 Å². The lowest BCUT2D eigenvalue weighted by Crippen LogP contribution is -2.36. The van der Waals surface area contributed by atoms with Crippen LogP contribution >= 0.6 is 0 Å². The molecular formula is C30H24N4. The average Bonchev–Trinajstić information content (AvgIpc) is 3.42. The van der Waals surface area contributed by atoms with Crippen molar-refractivity contribution in [1.82, 2.24) is 14.5 Å². The van der Waals surface area contributed by atoms with Crippen LogP contribution in [0, 0.1) is 0 Å². The van der Waals surface area contributed by atoms with Gasteiger partial charge in [-0.25, -0.2) is 0 Å². The van der Waals surface area contributed by atoms with Gasteiger partial charge >= 0.3 is 0 Å². The third-order valence-electron chi connectivity index (χ3n) is 6.91. The molecule has 1 aliphatic heterocycles. The molecule has 0 saturated carbocycles. The van der Waals surface area contributed by atoms with E-state index >= 15 is 0 Å². The summed E-state index contributed by atoms with van der Waals surface area (Å²) < 4.78 is 4.75. The van der Waals surface area contributed by atoms with Gasteiger partial charge in [-0.3, -0.25) is 4.57 Å². The second-order valence-electron chi connectivity index (χ2n) is 8.82. The van der Waals surface area contributed by atoms with Gasteiger partial charge in [0.1, 0.15) is 5.82 Å². The Morgan fingerprint density at radius 2 is 1.38 bits per heavy atom. The van der Waals surface area contributed by atoms with Crippen molar-refractivity contribution in [2.45, 2.75) is 6.04 Å². The molecule has 7 rings (SSSR count). The molecule has 164 valence electrons. The minimum atomic E-state index is 0.112. The first-order chi connectivity index (χ1) is 16.8. The van der Waals surface area contributed by atoms with Crippen LogP contribution in [-0.4, -0.2) is 21.7 Å². The van der Waals surface area contributed by atoms with Crippen molar-refractivity contribution >= 4 is 49.4 Å². The summed E-state index contributed by atoms with van der Waals surface area (Å²) in [6.45, 7) is 0.549. The number of rotatable bonds is 3. The molecule has 4 aromatic carbocycles. The summed E-state index contributed by atoms with van der Waals surface area (Å²) in [6.07, 6.45) is 6.37. The molecule has 0 bridgehead atoms. The predicted molar refractivity (Wildman–Crippen MR) is 143 cm³/mol. The fraction of sp³-hybridized carbons (Fsp3) is 0.0667. The Morgan fingerprint density at radius 3 is 2.18 bits per heavy atom. The predicted octanol–water partition coefficient (Wildman–Crippen LogP) is 6.18. The summed E-state index contributed by atoms with van der Waals surface area (Å²) in [7, 11) is 0. The van der Waals surface area contributed by atoms with Crippen molar-refractivity contribution in [2.24, 2.45) is 5.73 Å². The lowest BCUT2D eigenvalue weighted by molar-refractivity contribution is 0.696. The van der Waals surface area contributed by atoms with Crippen molar-refractivity contribution < 1.29 is 0 Å². The molecule has 3 heterocycles. The van der Waals surface area contributed by atoms with Crippen LogP contribution < -0.4 is 11.1 Å². The Hall–Kier alpha value is -4.28. The highest BCUT2D eigenvalue weighted by Gasteiger charge is 2.22. The molecule has 0 fully saturated rings. The molecule has 1 atom stereocenters. The van der Waals surface area contributed by atoms with Crippen LogP contribution in [0.4, 0.5) is 0 Å². The van der Waals surface area contributed by atoms with Gasteiger partial charge < -0.3 is 15.6 Å². The van der Waals surface area contributed by atoms with E-state index in [1.807, 2.05) is 0 Å². The fourth-order valence-corrected chi connectivity index (χ4v) is 5.46. The Kier molecular flexibility index (Phi) is 4.16. The van der Waals surface area contributed by atoms with E-state index in [0.717, 1.165) is 11.5 Å². The fourth-order valence-electron chi connectivity index (χ4n) is 5.46. The number of nitrogens with one attached hydrogen (secondary N) is 1. The Labute approximate surface area is 197 Å². The number of allylic oxidation sites excluding steroid dienone is 2. The third-order valence-corrected chi connectivity index (χ3v) is 6.91. The molecule has 0 amide bonds. The quantitative estimate of drug-likeness (QED) is 0.345. The number of fused-ring (bicyclic) bond motifs is 7. The minimum absolute atomic E-state index is 0.112. The molecule has 4 heteroatoms. The van der Waals surface area contributed by atoms with E-state index in [1.54, 1.807) is 0 Å². The van der Waals surface area contributed by atoms with Gasteiger partial charge in [-0.2, -0.15) is 0 Å². The third kappa shape index (κ3) is 2.63. The second kappa shape index (κ2) is 7.37. The first kappa shape index (κ1) is 19.2. The van der Waals surface area contributed by atoms with Crippen LogP contribution in [0.25, 0.3) is 55.1 Å². The maximum Gasteiger partial charge on any atom is 0.111 e. The van der Waals surface area contributed by atoms with Gasteiger partial charge in [0.25, 0.3) is 0 Å². The normalized spacial score (nSPS) is 15.9. The van der Waals surface area contributed by atoms with E-state index in [2.05, 4.69) is 124 Å². The number of aromatic nitrogens is 2. The number of para-hydroxylation sites is 3. The van der Waals surface area contributed by atoms with Gasteiger partial charge in [0.15, 0.2) is 0 Å². The summed E-state index contributed by atoms with van der Waals surface area (Å²) >= 11 is 0. The van der Waals surface area contributed by atoms with E-state index in [9.17, 15) is 0 Å². The summed E-state index contributed by atoms with van der Waals surface area (Å²) in [4.78, 5) is 0. The zero-order valence-corrected chi connectivity index (χ0v) is 18.6. The lowest BCUT2D eigenvalue weighted by atomic mass is 10.1. The Bertz CT molecular complexity index is 1770. The SMILES string of the molecule is NCC1C=CC=C(n2c3ccccc3c3ccc4c(c5ccccc5n4-c4ccccc4)c32)N1. The number of hydrogen-bond donors (Lipinski definition) is 2. The molecule has 1 aliphatic rings. The smallest absolute Gasteiger partial charge is 0.111 e. The van der Waals surface area contributed by atoms with E-state index in [4.69, 9.17) is 5.73 Å². The van der Waals surface area contributed by atoms with Crippen LogP contribution in [0.3, 0.4) is 0 Å².